The molecule has 29 heavy (non-hydrogen) atoms. The van der Waals surface area contributed by atoms with Crippen molar-refractivity contribution in [3.8, 4) is 11.4 Å². The minimum absolute atomic E-state index is 0.266. The van der Waals surface area contributed by atoms with E-state index in [2.05, 4.69) is 19.2 Å². The Kier molecular flexibility index (Phi) is 6.22. The van der Waals surface area contributed by atoms with Gasteiger partial charge in [0.2, 0.25) is 0 Å². The van der Waals surface area contributed by atoms with E-state index >= 15 is 0 Å². The summed E-state index contributed by atoms with van der Waals surface area (Å²) < 4.78 is 8.96. The fourth-order valence-electron chi connectivity index (χ4n) is 3.01. The average molecular weight is 393 g/mol. The van der Waals surface area contributed by atoms with Crippen LogP contribution in [0.25, 0.3) is 5.69 Å². The van der Waals surface area contributed by atoms with Crippen LogP contribution in [0.3, 0.4) is 0 Å². The van der Waals surface area contributed by atoms with Gasteiger partial charge >= 0.3 is 0 Å². The maximum absolute atomic E-state index is 12.9. The van der Waals surface area contributed by atoms with E-state index < -0.39 is 0 Å². The largest absolute Gasteiger partial charge is 0.494 e. The predicted molar refractivity (Wildman–Crippen MR) is 115 cm³/mol. The third kappa shape index (κ3) is 4.59. The minimum atomic E-state index is -0.329. The topological polar surface area (TPSA) is 65.3 Å². The third-order valence-electron chi connectivity index (χ3n) is 4.87. The van der Waals surface area contributed by atoms with Crippen molar-refractivity contribution in [2.75, 3.05) is 11.9 Å². The van der Waals surface area contributed by atoms with Crippen molar-refractivity contribution in [3.63, 3.8) is 0 Å². The van der Waals surface area contributed by atoms with Gasteiger partial charge in [0.15, 0.2) is 0 Å². The molecule has 0 saturated heterocycles. The number of nitrogens with one attached hydrogen (secondary N) is 1. The number of para-hydroxylation sites is 1. The molecule has 1 amide bonds. The minimum Gasteiger partial charge on any atom is -0.494 e. The van der Waals surface area contributed by atoms with Crippen molar-refractivity contribution < 1.29 is 9.53 Å². The van der Waals surface area contributed by atoms with E-state index in [9.17, 15) is 9.59 Å². The molecule has 6 heteroatoms. The van der Waals surface area contributed by atoms with Gasteiger partial charge in [-0.1, -0.05) is 32.0 Å². The standard InChI is InChI=1S/C23H27N3O3/c1-16(2)14-15-29-20-12-10-18(11-13-20)22(27)24-21-17(3)25(4)26(23(21)28)19-8-6-5-7-9-19/h5-13,16H,14-15H2,1-4H3,(H,24,27). The lowest BCUT2D eigenvalue weighted by molar-refractivity contribution is 0.102. The first kappa shape index (κ1) is 20.5. The molecule has 0 unspecified atom stereocenters. The normalized spacial score (nSPS) is 10.9. The van der Waals surface area contributed by atoms with E-state index in [-0.39, 0.29) is 17.2 Å². The summed E-state index contributed by atoms with van der Waals surface area (Å²) in [6.07, 6.45) is 0.975. The van der Waals surface area contributed by atoms with Crippen LogP contribution >= 0.6 is 0 Å². The molecule has 0 atom stereocenters. The van der Waals surface area contributed by atoms with Crippen LogP contribution in [0, 0.1) is 12.8 Å². The fraction of sp³-hybridized carbons (Fsp3) is 0.304. The number of carbonyl (C=O) groups is 1. The maximum atomic E-state index is 12.9. The zero-order chi connectivity index (χ0) is 21.0. The molecule has 152 valence electrons. The summed E-state index contributed by atoms with van der Waals surface area (Å²) in [5.74, 6) is 0.975. The molecule has 1 heterocycles. The Morgan fingerprint density at radius 3 is 2.34 bits per heavy atom. The van der Waals surface area contributed by atoms with Gasteiger partial charge in [-0.15, -0.1) is 0 Å². The van der Waals surface area contributed by atoms with E-state index in [1.165, 1.54) is 4.68 Å². The van der Waals surface area contributed by atoms with Crippen molar-refractivity contribution in [2.24, 2.45) is 13.0 Å². The Balaban J connectivity index is 1.77. The molecule has 3 aromatic rings. The molecule has 1 aromatic heterocycles. The zero-order valence-corrected chi connectivity index (χ0v) is 17.3. The smallest absolute Gasteiger partial charge is 0.295 e. The van der Waals surface area contributed by atoms with Gasteiger partial charge in [-0.25, -0.2) is 4.68 Å². The van der Waals surface area contributed by atoms with Gasteiger partial charge in [0, 0.05) is 12.6 Å². The summed E-state index contributed by atoms with van der Waals surface area (Å²) in [6, 6.07) is 16.3. The Bertz CT molecular complexity index is 1030. The lowest BCUT2D eigenvalue weighted by atomic mass is 10.1. The van der Waals surface area contributed by atoms with Gasteiger partial charge in [-0.2, -0.15) is 0 Å². The van der Waals surface area contributed by atoms with E-state index in [1.54, 1.807) is 36.0 Å². The number of ether oxygens (including phenoxy) is 1. The summed E-state index contributed by atoms with van der Waals surface area (Å²) in [7, 11) is 1.79. The van der Waals surface area contributed by atoms with Crippen molar-refractivity contribution >= 4 is 11.6 Å². The van der Waals surface area contributed by atoms with Crippen LogP contribution in [0.1, 0.15) is 36.3 Å². The molecule has 2 aromatic carbocycles. The third-order valence-corrected chi connectivity index (χ3v) is 4.87. The van der Waals surface area contributed by atoms with E-state index in [0.29, 0.717) is 23.8 Å². The molecule has 0 saturated carbocycles. The van der Waals surface area contributed by atoms with Gasteiger partial charge < -0.3 is 10.1 Å². The molecule has 1 N–H and O–H groups in total. The molecular formula is C23H27N3O3. The first-order valence-electron chi connectivity index (χ1n) is 9.76. The summed E-state index contributed by atoms with van der Waals surface area (Å²) in [5, 5.41) is 2.77. The summed E-state index contributed by atoms with van der Waals surface area (Å²) in [4.78, 5) is 25.6. The van der Waals surface area contributed by atoms with Crippen LogP contribution in [-0.4, -0.2) is 21.9 Å². The number of benzene rings is 2. The number of anilines is 1. The highest BCUT2D eigenvalue weighted by atomic mass is 16.5. The monoisotopic (exact) mass is 393 g/mol. The molecule has 0 fully saturated rings. The van der Waals surface area contributed by atoms with E-state index in [1.807, 2.05) is 37.3 Å². The molecule has 0 aliphatic heterocycles. The molecule has 0 bridgehead atoms. The van der Waals surface area contributed by atoms with Gasteiger partial charge in [-0.3, -0.25) is 14.3 Å². The second-order valence-electron chi connectivity index (χ2n) is 7.45. The van der Waals surface area contributed by atoms with Crippen molar-refractivity contribution in [1.82, 2.24) is 9.36 Å². The van der Waals surface area contributed by atoms with E-state index in [0.717, 1.165) is 17.9 Å². The highest BCUT2D eigenvalue weighted by molar-refractivity contribution is 6.04. The lowest BCUT2D eigenvalue weighted by Gasteiger charge is -2.09. The van der Waals surface area contributed by atoms with Crippen LogP contribution in [0.2, 0.25) is 0 Å². The second kappa shape index (κ2) is 8.82. The highest BCUT2D eigenvalue weighted by Crippen LogP contribution is 2.17. The average Bonchev–Trinajstić information content (AvgIpc) is 2.92. The molecule has 0 aliphatic rings. The number of amides is 1. The van der Waals surface area contributed by atoms with Crippen LogP contribution in [0.15, 0.2) is 59.4 Å². The van der Waals surface area contributed by atoms with Gasteiger partial charge in [-0.05, 0) is 55.7 Å². The highest BCUT2D eigenvalue weighted by Gasteiger charge is 2.18. The van der Waals surface area contributed by atoms with Crippen LogP contribution < -0.4 is 15.6 Å². The van der Waals surface area contributed by atoms with Crippen molar-refractivity contribution in [1.29, 1.82) is 0 Å². The van der Waals surface area contributed by atoms with Crippen molar-refractivity contribution in [3.05, 3.63) is 76.2 Å². The first-order valence-corrected chi connectivity index (χ1v) is 9.76. The van der Waals surface area contributed by atoms with Gasteiger partial charge in [0.05, 0.1) is 18.0 Å². The fourth-order valence-corrected chi connectivity index (χ4v) is 3.01. The van der Waals surface area contributed by atoms with Gasteiger partial charge in [0.25, 0.3) is 11.5 Å². The van der Waals surface area contributed by atoms with Gasteiger partial charge in [0.1, 0.15) is 11.4 Å². The number of hydrogen-bond acceptors (Lipinski definition) is 3. The first-order chi connectivity index (χ1) is 13.9. The summed E-state index contributed by atoms with van der Waals surface area (Å²) in [5.41, 5.74) is 1.90. The Labute approximate surface area is 170 Å². The number of rotatable bonds is 7. The van der Waals surface area contributed by atoms with Crippen LogP contribution in [-0.2, 0) is 7.05 Å². The molecule has 0 spiro atoms. The quantitative estimate of drug-likeness (QED) is 0.655. The molecule has 0 radical (unpaired) electrons. The molecule has 0 aliphatic carbocycles. The Morgan fingerprint density at radius 2 is 1.72 bits per heavy atom. The summed E-state index contributed by atoms with van der Waals surface area (Å²) >= 11 is 0. The number of carbonyl (C=O) groups excluding carboxylic acids is 1. The van der Waals surface area contributed by atoms with Crippen LogP contribution in [0.4, 0.5) is 5.69 Å². The zero-order valence-electron chi connectivity index (χ0n) is 17.3. The number of nitrogens with zero attached hydrogens (tertiary/aromatic N) is 2. The summed E-state index contributed by atoms with van der Waals surface area (Å²) in [6.45, 7) is 6.75. The Morgan fingerprint density at radius 1 is 1.07 bits per heavy atom. The lowest BCUT2D eigenvalue weighted by Crippen LogP contribution is -2.22. The molecule has 6 nitrogen and oxygen atoms in total. The van der Waals surface area contributed by atoms with Crippen molar-refractivity contribution in [2.45, 2.75) is 27.2 Å². The maximum Gasteiger partial charge on any atom is 0.295 e. The SMILES string of the molecule is Cc1c(NC(=O)c2ccc(OCCC(C)C)cc2)c(=O)n(-c2ccccc2)n1C. The number of aromatic nitrogens is 2. The molecular weight excluding hydrogens is 366 g/mol. The Hall–Kier alpha value is -3.28. The predicted octanol–water partition coefficient (Wildman–Crippen LogP) is 4.16. The number of hydrogen-bond donors (Lipinski definition) is 1. The van der Waals surface area contributed by atoms with E-state index in [4.69, 9.17) is 4.74 Å². The molecule has 3 rings (SSSR count). The van der Waals surface area contributed by atoms with Crippen LogP contribution in [0.5, 0.6) is 5.75 Å². The second-order valence-corrected chi connectivity index (χ2v) is 7.45.